The summed E-state index contributed by atoms with van der Waals surface area (Å²) >= 11 is 3.15. The third-order valence-corrected chi connectivity index (χ3v) is 8.94. The minimum Gasteiger partial charge on any atom is -0.493 e. The number of nitrogens with zero attached hydrogens (tertiary/aromatic N) is 5. The van der Waals surface area contributed by atoms with E-state index >= 15 is 0 Å². The van der Waals surface area contributed by atoms with Crippen LogP contribution in [-0.4, -0.2) is 43.8 Å². The zero-order valence-corrected chi connectivity index (χ0v) is 26.3. The standard InChI is InChI=1S/C34H31N5O3S2/c1-4-19-43-27-15-13-24(14-16-27)32-25(22-38(37-32)26-9-7-6-8-10-26)21-30-33(40)39-34(44-30)35-31(36-39)18-12-23-11-17-28(42-5-2)29(20-23)41-3/h6-18,20-22H,4-5,19H2,1-3H3/b18-12+,30-21-. The van der Waals surface area contributed by atoms with Gasteiger partial charge < -0.3 is 9.47 Å². The summed E-state index contributed by atoms with van der Waals surface area (Å²) in [5.74, 6) is 2.87. The Kier molecular flexibility index (Phi) is 8.90. The third-order valence-electron chi connectivity index (χ3n) is 6.76. The van der Waals surface area contributed by atoms with Crippen LogP contribution in [-0.2, 0) is 0 Å². The largest absolute Gasteiger partial charge is 0.493 e. The van der Waals surface area contributed by atoms with Crippen LogP contribution in [0.5, 0.6) is 11.5 Å². The molecule has 222 valence electrons. The lowest BCUT2D eigenvalue weighted by Gasteiger charge is -2.09. The molecule has 0 saturated carbocycles. The Hall–Kier alpha value is -4.67. The average molecular weight is 622 g/mol. The highest BCUT2D eigenvalue weighted by Crippen LogP contribution is 2.29. The SMILES string of the molecule is CCCSc1ccc(-c2nn(-c3ccccc3)cc2/C=c2\sc3nc(/C=C/c4ccc(OCC)c(OC)c4)nn3c2=O)cc1. The fourth-order valence-electron chi connectivity index (χ4n) is 4.65. The number of hydrogen-bond acceptors (Lipinski definition) is 8. The molecular weight excluding hydrogens is 591 g/mol. The van der Waals surface area contributed by atoms with Gasteiger partial charge in [0.25, 0.3) is 5.56 Å². The van der Waals surface area contributed by atoms with Crippen molar-refractivity contribution in [1.29, 1.82) is 0 Å². The molecule has 0 aliphatic carbocycles. The molecule has 0 spiro atoms. The predicted octanol–water partition coefficient (Wildman–Crippen LogP) is 6.63. The summed E-state index contributed by atoms with van der Waals surface area (Å²) in [4.78, 5) is 19.8. The van der Waals surface area contributed by atoms with Crippen molar-refractivity contribution in [2.45, 2.75) is 25.2 Å². The number of benzene rings is 3. The Morgan fingerprint density at radius 2 is 1.77 bits per heavy atom. The zero-order valence-electron chi connectivity index (χ0n) is 24.6. The van der Waals surface area contributed by atoms with E-state index in [1.807, 2.05) is 90.2 Å². The second-order valence-electron chi connectivity index (χ2n) is 9.84. The maximum atomic E-state index is 13.4. The minimum absolute atomic E-state index is 0.218. The highest BCUT2D eigenvalue weighted by molar-refractivity contribution is 7.99. The summed E-state index contributed by atoms with van der Waals surface area (Å²) in [6.07, 6.45) is 8.62. The number of fused-ring (bicyclic) bond motifs is 1. The molecule has 0 amide bonds. The molecule has 0 bridgehead atoms. The Balaban J connectivity index is 1.33. The molecule has 3 aromatic heterocycles. The molecule has 0 radical (unpaired) electrons. The molecule has 0 aliphatic rings. The highest BCUT2D eigenvalue weighted by Gasteiger charge is 2.14. The molecule has 10 heteroatoms. The summed E-state index contributed by atoms with van der Waals surface area (Å²) in [6, 6.07) is 24.1. The van der Waals surface area contributed by atoms with Crippen LogP contribution in [0.25, 0.3) is 40.1 Å². The molecular formula is C34H31N5O3S2. The van der Waals surface area contributed by atoms with E-state index in [4.69, 9.17) is 14.6 Å². The number of rotatable bonds is 11. The van der Waals surface area contributed by atoms with Crippen molar-refractivity contribution >= 4 is 46.3 Å². The second kappa shape index (κ2) is 13.3. The van der Waals surface area contributed by atoms with Crippen LogP contribution in [0.4, 0.5) is 0 Å². The number of methoxy groups -OCH3 is 1. The van der Waals surface area contributed by atoms with Crippen molar-refractivity contribution in [3.63, 3.8) is 0 Å². The van der Waals surface area contributed by atoms with Crippen LogP contribution >= 0.6 is 23.1 Å². The fourth-order valence-corrected chi connectivity index (χ4v) is 6.33. The Bertz CT molecular complexity index is 2030. The molecule has 0 fully saturated rings. The molecule has 3 aromatic carbocycles. The molecule has 0 aliphatic heterocycles. The number of aromatic nitrogens is 5. The lowest BCUT2D eigenvalue weighted by Crippen LogP contribution is -2.23. The highest BCUT2D eigenvalue weighted by atomic mass is 32.2. The molecule has 6 aromatic rings. The zero-order chi connectivity index (χ0) is 30.5. The van der Waals surface area contributed by atoms with Crippen LogP contribution < -0.4 is 19.6 Å². The second-order valence-corrected chi connectivity index (χ2v) is 12.0. The fraction of sp³-hybridized carbons (Fsp3) is 0.176. The van der Waals surface area contributed by atoms with Gasteiger partial charge in [-0.3, -0.25) is 4.79 Å². The topological polar surface area (TPSA) is 83.5 Å². The predicted molar refractivity (Wildman–Crippen MR) is 179 cm³/mol. The van der Waals surface area contributed by atoms with Crippen molar-refractivity contribution in [3.8, 4) is 28.4 Å². The number of para-hydroxylation sites is 1. The van der Waals surface area contributed by atoms with E-state index in [0.29, 0.717) is 33.4 Å². The van der Waals surface area contributed by atoms with Crippen molar-refractivity contribution in [3.05, 3.63) is 111 Å². The first-order chi connectivity index (χ1) is 21.6. The Morgan fingerprint density at radius 1 is 0.955 bits per heavy atom. The molecule has 0 atom stereocenters. The van der Waals surface area contributed by atoms with Crippen LogP contribution in [0.2, 0.25) is 0 Å². The van der Waals surface area contributed by atoms with Crippen LogP contribution in [0.15, 0.2) is 88.7 Å². The number of thioether (sulfide) groups is 1. The van der Waals surface area contributed by atoms with Gasteiger partial charge in [0.1, 0.15) is 0 Å². The first kappa shape index (κ1) is 29.4. The average Bonchev–Trinajstić information content (AvgIpc) is 3.74. The van der Waals surface area contributed by atoms with Gasteiger partial charge in [-0.25, -0.2) is 4.68 Å². The third kappa shape index (κ3) is 6.31. The van der Waals surface area contributed by atoms with E-state index in [1.54, 1.807) is 13.2 Å². The van der Waals surface area contributed by atoms with Gasteiger partial charge in [0.2, 0.25) is 4.96 Å². The lowest BCUT2D eigenvalue weighted by molar-refractivity contribution is 0.311. The number of ether oxygens (including phenoxy) is 2. The quantitative estimate of drug-likeness (QED) is 0.150. The van der Waals surface area contributed by atoms with E-state index in [2.05, 4.69) is 41.3 Å². The Labute approximate surface area is 263 Å². The van der Waals surface area contributed by atoms with Crippen molar-refractivity contribution in [2.24, 2.45) is 0 Å². The summed E-state index contributed by atoms with van der Waals surface area (Å²) in [6.45, 7) is 4.67. The summed E-state index contributed by atoms with van der Waals surface area (Å²) in [5.41, 5.74) is 4.25. The molecule has 6 rings (SSSR count). The minimum atomic E-state index is -0.218. The smallest absolute Gasteiger partial charge is 0.291 e. The van der Waals surface area contributed by atoms with Crippen LogP contribution in [0.1, 0.15) is 37.2 Å². The molecule has 44 heavy (non-hydrogen) atoms. The van der Waals surface area contributed by atoms with E-state index < -0.39 is 0 Å². The van der Waals surface area contributed by atoms with Crippen LogP contribution in [0, 0.1) is 0 Å². The van der Waals surface area contributed by atoms with E-state index in [-0.39, 0.29) is 5.56 Å². The number of hydrogen-bond donors (Lipinski definition) is 0. The molecule has 3 heterocycles. The van der Waals surface area contributed by atoms with Crippen LogP contribution in [0.3, 0.4) is 0 Å². The maximum Gasteiger partial charge on any atom is 0.291 e. The van der Waals surface area contributed by atoms with E-state index in [0.717, 1.165) is 40.2 Å². The monoisotopic (exact) mass is 621 g/mol. The van der Waals surface area contributed by atoms with Crippen molar-refractivity contribution in [2.75, 3.05) is 19.5 Å². The molecule has 0 N–H and O–H groups in total. The van der Waals surface area contributed by atoms with E-state index in [1.165, 1.54) is 20.7 Å². The van der Waals surface area contributed by atoms with Gasteiger partial charge in [0.05, 0.1) is 29.6 Å². The Morgan fingerprint density at radius 3 is 2.50 bits per heavy atom. The summed E-state index contributed by atoms with van der Waals surface area (Å²) < 4.78 is 14.8. The molecule has 8 nitrogen and oxygen atoms in total. The van der Waals surface area contributed by atoms with Gasteiger partial charge in [-0.15, -0.1) is 16.9 Å². The van der Waals surface area contributed by atoms with Gasteiger partial charge >= 0.3 is 0 Å². The molecule has 0 unspecified atom stereocenters. The van der Waals surface area contributed by atoms with Gasteiger partial charge in [-0.05, 0) is 73.2 Å². The first-order valence-electron chi connectivity index (χ1n) is 14.3. The number of thiazole rings is 1. The van der Waals surface area contributed by atoms with Crippen molar-refractivity contribution < 1.29 is 9.47 Å². The first-order valence-corrected chi connectivity index (χ1v) is 16.1. The maximum absolute atomic E-state index is 13.4. The lowest BCUT2D eigenvalue weighted by atomic mass is 10.1. The van der Waals surface area contributed by atoms with Gasteiger partial charge in [-0.1, -0.05) is 60.7 Å². The summed E-state index contributed by atoms with van der Waals surface area (Å²) in [7, 11) is 1.61. The van der Waals surface area contributed by atoms with Gasteiger partial charge in [0.15, 0.2) is 17.3 Å². The van der Waals surface area contributed by atoms with Gasteiger partial charge in [-0.2, -0.15) is 14.6 Å². The van der Waals surface area contributed by atoms with Gasteiger partial charge in [0, 0.05) is 22.2 Å². The molecule has 0 saturated heterocycles. The summed E-state index contributed by atoms with van der Waals surface area (Å²) in [5, 5.41) is 9.39. The normalized spacial score (nSPS) is 12.0. The van der Waals surface area contributed by atoms with E-state index in [9.17, 15) is 4.79 Å². The van der Waals surface area contributed by atoms with Crippen molar-refractivity contribution in [1.82, 2.24) is 24.4 Å².